The second kappa shape index (κ2) is 6.32. The molecule has 0 aromatic rings. The van der Waals surface area contributed by atoms with E-state index in [1.54, 1.807) is 20.8 Å². The molecular formula is C10H21N3O3. The Kier molecular flexibility index (Phi) is 5.81. The van der Waals surface area contributed by atoms with Crippen LogP contribution in [0, 0.1) is 0 Å². The second-order valence-electron chi connectivity index (χ2n) is 4.39. The van der Waals surface area contributed by atoms with Crippen molar-refractivity contribution in [3.63, 3.8) is 0 Å². The molecule has 4 N–H and O–H groups in total. The van der Waals surface area contributed by atoms with Gasteiger partial charge in [0.05, 0.1) is 0 Å². The molecular weight excluding hydrogens is 210 g/mol. The van der Waals surface area contributed by atoms with Crippen molar-refractivity contribution in [1.29, 1.82) is 0 Å². The van der Waals surface area contributed by atoms with E-state index in [1.165, 1.54) is 7.05 Å². The van der Waals surface area contributed by atoms with Crippen LogP contribution in [0.5, 0.6) is 0 Å². The van der Waals surface area contributed by atoms with Crippen molar-refractivity contribution < 1.29 is 14.3 Å². The first-order valence-electron chi connectivity index (χ1n) is 5.21. The van der Waals surface area contributed by atoms with Crippen LogP contribution in [0.1, 0.15) is 27.2 Å². The smallest absolute Gasteiger partial charge is 0.408 e. The predicted molar refractivity (Wildman–Crippen MR) is 60.9 cm³/mol. The largest absolute Gasteiger partial charge is 0.444 e. The molecule has 0 radical (unpaired) electrons. The highest BCUT2D eigenvalue weighted by Crippen LogP contribution is 2.07. The zero-order valence-corrected chi connectivity index (χ0v) is 10.3. The number of nitrogens with two attached hydrogens (primary N) is 1. The molecule has 1 atom stereocenters. The van der Waals surface area contributed by atoms with Crippen LogP contribution in [0.4, 0.5) is 4.79 Å². The van der Waals surface area contributed by atoms with Crippen LogP contribution < -0.4 is 16.4 Å². The van der Waals surface area contributed by atoms with Gasteiger partial charge in [0.2, 0.25) is 5.91 Å². The maximum Gasteiger partial charge on any atom is 0.408 e. The van der Waals surface area contributed by atoms with Gasteiger partial charge in [0.25, 0.3) is 0 Å². The first-order chi connectivity index (χ1) is 7.30. The molecule has 0 bridgehead atoms. The Balaban J connectivity index is 4.29. The maximum atomic E-state index is 11.4. The molecule has 6 heteroatoms. The van der Waals surface area contributed by atoms with Gasteiger partial charge in [0.1, 0.15) is 11.6 Å². The fourth-order valence-corrected chi connectivity index (χ4v) is 1.06. The fraction of sp³-hybridized carbons (Fsp3) is 0.800. The summed E-state index contributed by atoms with van der Waals surface area (Å²) in [6.45, 7) is 5.58. The number of amides is 2. The molecule has 6 nitrogen and oxygen atoms in total. The van der Waals surface area contributed by atoms with Crippen LogP contribution >= 0.6 is 0 Å². The number of likely N-dealkylation sites (N-methyl/N-ethyl adjacent to an activating group) is 1. The van der Waals surface area contributed by atoms with Crippen molar-refractivity contribution in [2.24, 2.45) is 5.73 Å². The summed E-state index contributed by atoms with van der Waals surface area (Å²) in [6.07, 6.45) is -0.242. The summed E-state index contributed by atoms with van der Waals surface area (Å²) in [5.74, 6) is -0.281. The Morgan fingerprint density at radius 1 is 1.38 bits per heavy atom. The predicted octanol–water partition coefficient (Wildman–Crippen LogP) is -0.0255. The van der Waals surface area contributed by atoms with E-state index in [-0.39, 0.29) is 5.91 Å². The van der Waals surface area contributed by atoms with Gasteiger partial charge in [-0.15, -0.1) is 0 Å². The van der Waals surface area contributed by atoms with E-state index in [1.807, 2.05) is 0 Å². The van der Waals surface area contributed by atoms with E-state index in [0.717, 1.165) is 0 Å². The highest BCUT2D eigenvalue weighted by molar-refractivity contribution is 5.85. The molecule has 0 heterocycles. The lowest BCUT2D eigenvalue weighted by atomic mass is 10.2. The highest BCUT2D eigenvalue weighted by atomic mass is 16.6. The lowest BCUT2D eigenvalue weighted by Gasteiger charge is -2.22. The number of rotatable bonds is 4. The number of carbonyl (C=O) groups is 2. The molecule has 94 valence electrons. The van der Waals surface area contributed by atoms with Gasteiger partial charge < -0.3 is 21.1 Å². The van der Waals surface area contributed by atoms with E-state index < -0.39 is 17.7 Å². The molecule has 2 amide bonds. The minimum absolute atomic E-state index is 0.281. The molecule has 1 unspecified atom stereocenters. The van der Waals surface area contributed by atoms with Crippen LogP contribution in [0.2, 0.25) is 0 Å². The van der Waals surface area contributed by atoms with Gasteiger partial charge in [-0.05, 0) is 33.7 Å². The standard InChI is InChI=1S/C10H21N3O3/c1-10(2,3)16-9(15)13-7(5-6-11)8(14)12-4/h7H,5-6,11H2,1-4H3,(H,12,14)(H,13,15). The summed E-state index contributed by atoms with van der Waals surface area (Å²) in [5, 5.41) is 4.93. The molecule has 0 aliphatic rings. The third-order valence-electron chi connectivity index (χ3n) is 1.71. The Hall–Kier alpha value is -1.30. The zero-order chi connectivity index (χ0) is 12.8. The van der Waals surface area contributed by atoms with E-state index in [0.29, 0.717) is 13.0 Å². The lowest BCUT2D eigenvalue weighted by Crippen LogP contribution is -2.48. The SMILES string of the molecule is CNC(=O)C(CCN)NC(=O)OC(C)(C)C. The summed E-state index contributed by atoms with van der Waals surface area (Å²) >= 11 is 0. The molecule has 0 fully saturated rings. The number of ether oxygens (including phenoxy) is 1. The molecule has 0 aliphatic heterocycles. The van der Waals surface area contributed by atoms with Gasteiger partial charge in [-0.1, -0.05) is 0 Å². The normalized spacial score (nSPS) is 12.8. The lowest BCUT2D eigenvalue weighted by molar-refractivity contribution is -0.122. The van der Waals surface area contributed by atoms with Crippen molar-refractivity contribution in [2.75, 3.05) is 13.6 Å². The zero-order valence-electron chi connectivity index (χ0n) is 10.3. The number of carbonyl (C=O) groups excluding carboxylic acids is 2. The first-order valence-corrected chi connectivity index (χ1v) is 5.21. The van der Waals surface area contributed by atoms with Gasteiger partial charge in [0, 0.05) is 7.05 Å². The van der Waals surface area contributed by atoms with Gasteiger partial charge in [-0.3, -0.25) is 4.79 Å². The van der Waals surface area contributed by atoms with Crippen LogP contribution in [0.3, 0.4) is 0 Å². The third-order valence-corrected chi connectivity index (χ3v) is 1.71. The summed E-state index contributed by atoms with van der Waals surface area (Å²) in [5.41, 5.74) is 4.77. The van der Waals surface area contributed by atoms with Crippen molar-refractivity contribution in [2.45, 2.75) is 38.8 Å². The first kappa shape index (κ1) is 14.7. The van der Waals surface area contributed by atoms with E-state index in [2.05, 4.69) is 10.6 Å². The topological polar surface area (TPSA) is 93.5 Å². The summed E-state index contributed by atoms with van der Waals surface area (Å²) in [7, 11) is 1.50. The molecule has 0 aromatic heterocycles. The summed E-state index contributed by atoms with van der Waals surface area (Å²) < 4.78 is 5.04. The monoisotopic (exact) mass is 231 g/mol. The van der Waals surface area contributed by atoms with Gasteiger partial charge >= 0.3 is 6.09 Å². The summed E-state index contributed by atoms with van der Waals surface area (Å²) in [6, 6.07) is -0.648. The maximum absolute atomic E-state index is 11.4. The minimum atomic E-state index is -0.648. The molecule has 16 heavy (non-hydrogen) atoms. The van der Waals surface area contributed by atoms with E-state index in [4.69, 9.17) is 10.5 Å². The van der Waals surface area contributed by atoms with Crippen molar-refractivity contribution in [1.82, 2.24) is 10.6 Å². The number of hydrogen-bond donors (Lipinski definition) is 3. The average molecular weight is 231 g/mol. The fourth-order valence-electron chi connectivity index (χ4n) is 1.06. The summed E-state index contributed by atoms with van der Waals surface area (Å²) in [4.78, 5) is 22.8. The van der Waals surface area contributed by atoms with E-state index in [9.17, 15) is 9.59 Å². The van der Waals surface area contributed by atoms with Crippen LogP contribution in [-0.4, -0.2) is 37.2 Å². The van der Waals surface area contributed by atoms with Crippen LogP contribution in [0.25, 0.3) is 0 Å². The Labute approximate surface area is 95.9 Å². The highest BCUT2D eigenvalue weighted by Gasteiger charge is 2.22. The van der Waals surface area contributed by atoms with Gasteiger partial charge in [-0.25, -0.2) is 4.79 Å². The molecule has 0 saturated carbocycles. The molecule has 0 saturated heterocycles. The van der Waals surface area contributed by atoms with Crippen molar-refractivity contribution >= 4 is 12.0 Å². The number of hydrogen-bond acceptors (Lipinski definition) is 4. The number of nitrogens with one attached hydrogen (secondary N) is 2. The van der Waals surface area contributed by atoms with E-state index >= 15 is 0 Å². The average Bonchev–Trinajstić information content (AvgIpc) is 2.13. The van der Waals surface area contributed by atoms with Crippen molar-refractivity contribution in [3.8, 4) is 0 Å². The van der Waals surface area contributed by atoms with Crippen molar-refractivity contribution in [3.05, 3.63) is 0 Å². The number of alkyl carbamates (subject to hydrolysis) is 1. The minimum Gasteiger partial charge on any atom is -0.444 e. The Bertz CT molecular complexity index is 248. The van der Waals surface area contributed by atoms with Crippen LogP contribution in [0.15, 0.2) is 0 Å². The van der Waals surface area contributed by atoms with Gasteiger partial charge in [0.15, 0.2) is 0 Å². The molecule has 0 aliphatic carbocycles. The van der Waals surface area contributed by atoms with Gasteiger partial charge in [-0.2, -0.15) is 0 Å². The Morgan fingerprint density at radius 2 is 1.94 bits per heavy atom. The quantitative estimate of drug-likeness (QED) is 0.633. The molecule has 0 spiro atoms. The molecule has 0 aromatic carbocycles. The third kappa shape index (κ3) is 6.23. The van der Waals surface area contributed by atoms with Crippen LogP contribution in [-0.2, 0) is 9.53 Å². The molecule has 0 rings (SSSR count). The second-order valence-corrected chi connectivity index (χ2v) is 4.39. The Morgan fingerprint density at radius 3 is 2.31 bits per heavy atom.